The van der Waals surface area contributed by atoms with Crippen LogP contribution in [0.15, 0.2) is 22.7 Å². The van der Waals surface area contributed by atoms with Crippen LogP contribution < -0.4 is 5.73 Å². The third-order valence-corrected chi connectivity index (χ3v) is 2.85. The van der Waals surface area contributed by atoms with Crippen molar-refractivity contribution in [2.45, 2.75) is 6.04 Å². The molecule has 0 aromatic heterocycles. The minimum atomic E-state index is -0.241. The van der Waals surface area contributed by atoms with Crippen molar-refractivity contribution in [1.29, 1.82) is 0 Å². The molecule has 0 radical (unpaired) electrons. The molecule has 0 saturated carbocycles. The Hall–Kier alpha value is -0.450. The van der Waals surface area contributed by atoms with Gasteiger partial charge >= 0.3 is 0 Å². The Balaban J connectivity index is 3.04. The van der Waals surface area contributed by atoms with Crippen molar-refractivity contribution in [2.24, 2.45) is 5.73 Å². The summed E-state index contributed by atoms with van der Waals surface area (Å²) in [4.78, 5) is 2.01. The maximum Gasteiger partial charge on any atom is 0.124 e. The first-order valence-electron chi connectivity index (χ1n) is 4.37. The highest BCUT2D eigenvalue weighted by molar-refractivity contribution is 9.10. The molecule has 2 N–H and O–H groups in total. The van der Waals surface area contributed by atoms with Crippen molar-refractivity contribution in [3.8, 4) is 0 Å². The van der Waals surface area contributed by atoms with E-state index < -0.39 is 0 Å². The average Bonchev–Trinajstić information content (AvgIpc) is 2.09. The Bertz CT molecular complexity index is 315. The smallest absolute Gasteiger partial charge is 0.124 e. The number of likely N-dealkylation sites (N-methyl/N-ethyl adjacent to an activating group) is 1. The molecule has 0 fully saturated rings. The van der Waals surface area contributed by atoms with E-state index in [0.29, 0.717) is 6.54 Å². The fraction of sp³-hybridized carbons (Fsp3) is 0.400. The molecule has 0 aliphatic heterocycles. The van der Waals surface area contributed by atoms with Gasteiger partial charge in [0.05, 0.1) is 0 Å². The minimum absolute atomic E-state index is 0.116. The van der Waals surface area contributed by atoms with Gasteiger partial charge in [-0.15, -0.1) is 0 Å². The van der Waals surface area contributed by atoms with Crippen molar-refractivity contribution < 1.29 is 4.39 Å². The first-order valence-corrected chi connectivity index (χ1v) is 5.17. The Morgan fingerprint density at radius 3 is 2.57 bits per heavy atom. The molecule has 2 nitrogen and oxygen atoms in total. The van der Waals surface area contributed by atoms with E-state index >= 15 is 0 Å². The van der Waals surface area contributed by atoms with Crippen LogP contribution in [0.4, 0.5) is 4.39 Å². The van der Waals surface area contributed by atoms with Crippen LogP contribution in [0.1, 0.15) is 11.6 Å². The van der Waals surface area contributed by atoms with Gasteiger partial charge < -0.3 is 10.6 Å². The number of hydrogen-bond donors (Lipinski definition) is 1. The molecule has 14 heavy (non-hydrogen) atoms. The lowest BCUT2D eigenvalue weighted by atomic mass is 10.1. The van der Waals surface area contributed by atoms with E-state index in [1.54, 1.807) is 6.07 Å². The van der Waals surface area contributed by atoms with Crippen molar-refractivity contribution in [2.75, 3.05) is 20.6 Å². The van der Waals surface area contributed by atoms with Crippen molar-refractivity contribution in [1.82, 2.24) is 4.90 Å². The fourth-order valence-electron chi connectivity index (χ4n) is 1.39. The molecular formula is C10H14BrFN2. The molecule has 1 atom stereocenters. The SMILES string of the molecule is CN(C)C(CN)c1ccc(F)cc1Br. The van der Waals surface area contributed by atoms with Crippen LogP contribution >= 0.6 is 15.9 Å². The summed E-state index contributed by atoms with van der Waals surface area (Å²) in [5.74, 6) is -0.241. The second-order valence-corrected chi connectivity index (χ2v) is 4.24. The molecule has 0 heterocycles. The van der Waals surface area contributed by atoms with E-state index in [9.17, 15) is 4.39 Å². The summed E-state index contributed by atoms with van der Waals surface area (Å²) in [6.45, 7) is 0.511. The predicted octanol–water partition coefficient (Wildman–Crippen LogP) is 2.15. The quantitative estimate of drug-likeness (QED) is 0.903. The largest absolute Gasteiger partial charge is 0.329 e. The fourth-order valence-corrected chi connectivity index (χ4v) is 2.00. The summed E-state index contributed by atoms with van der Waals surface area (Å²) in [6.07, 6.45) is 0. The van der Waals surface area contributed by atoms with Gasteiger partial charge in [0.2, 0.25) is 0 Å². The van der Waals surface area contributed by atoms with E-state index in [1.165, 1.54) is 12.1 Å². The van der Waals surface area contributed by atoms with Gasteiger partial charge in [-0.25, -0.2) is 4.39 Å². The maximum absolute atomic E-state index is 12.8. The molecule has 0 amide bonds. The number of halogens is 2. The summed E-state index contributed by atoms with van der Waals surface area (Å²) in [7, 11) is 3.90. The van der Waals surface area contributed by atoms with E-state index in [2.05, 4.69) is 15.9 Å². The highest BCUT2D eigenvalue weighted by Crippen LogP contribution is 2.26. The zero-order valence-corrected chi connectivity index (χ0v) is 9.88. The first kappa shape index (κ1) is 11.6. The zero-order chi connectivity index (χ0) is 10.7. The van der Waals surface area contributed by atoms with Crippen molar-refractivity contribution in [3.63, 3.8) is 0 Å². The second kappa shape index (κ2) is 4.87. The summed E-state index contributed by atoms with van der Waals surface area (Å²) in [5, 5.41) is 0. The molecule has 1 unspecified atom stereocenters. The molecule has 1 aromatic rings. The second-order valence-electron chi connectivity index (χ2n) is 3.38. The Labute approximate surface area is 92.0 Å². The lowest BCUT2D eigenvalue weighted by Crippen LogP contribution is -2.27. The van der Waals surface area contributed by atoms with E-state index in [4.69, 9.17) is 5.73 Å². The van der Waals surface area contributed by atoms with Gasteiger partial charge in [0.1, 0.15) is 5.82 Å². The monoisotopic (exact) mass is 260 g/mol. The number of nitrogens with zero attached hydrogens (tertiary/aromatic N) is 1. The molecule has 0 spiro atoms. The molecule has 0 aliphatic rings. The molecular weight excluding hydrogens is 247 g/mol. The topological polar surface area (TPSA) is 29.3 Å². The van der Waals surface area contributed by atoms with Gasteiger partial charge in [-0.1, -0.05) is 22.0 Å². The van der Waals surface area contributed by atoms with Gasteiger partial charge in [-0.05, 0) is 31.8 Å². The first-order chi connectivity index (χ1) is 6.56. The van der Waals surface area contributed by atoms with E-state index in [1.807, 2.05) is 19.0 Å². The van der Waals surface area contributed by atoms with Gasteiger partial charge in [-0.3, -0.25) is 0 Å². The molecule has 1 aromatic carbocycles. The zero-order valence-electron chi connectivity index (χ0n) is 8.30. The average molecular weight is 261 g/mol. The van der Waals surface area contributed by atoms with Gasteiger partial charge in [0.25, 0.3) is 0 Å². The van der Waals surface area contributed by atoms with Crippen LogP contribution in [-0.4, -0.2) is 25.5 Å². The molecule has 0 bridgehead atoms. The van der Waals surface area contributed by atoms with Crippen LogP contribution in [0.25, 0.3) is 0 Å². The number of rotatable bonds is 3. The third kappa shape index (κ3) is 2.53. The Morgan fingerprint density at radius 1 is 1.50 bits per heavy atom. The predicted molar refractivity (Wildman–Crippen MR) is 59.6 cm³/mol. The van der Waals surface area contributed by atoms with Crippen molar-refractivity contribution in [3.05, 3.63) is 34.1 Å². The van der Waals surface area contributed by atoms with Crippen LogP contribution in [0.3, 0.4) is 0 Å². The van der Waals surface area contributed by atoms with Crippen LogP contribution in [0.5, 0.6) is 0 Å². The summed E-state index contributed by atoms with van der Waals surface area (Å²) < 4.78 is 13.6. The Morgan fingerprint density at radius 2 is 2.14 bits per heavy atom. The standard InChI is InChI=1S/C10H14BrFN2/c1-14(2)10(6-13)8-4-3-7(12)5-9(8)11/h3-5,10H,6,13H2,1-2H3. The number of nitrogens with two attached hydrogens (primary N) is 1. The normalized spacial score (nSPS) is 13.3. The summed E-state index contributed by atoms with van der Waals surface area (Å²) >= 11 is 3.33. The summed E-state index contributed by atoms with van der Waals surface area (Å²) in [5.41, 5.74) is 6.67. The third-order valence-electron chi connectivity index (χ3n) is 2.17. The highest BCUT2D eigenvalue weighted by Gasteiger charge is 2.15. The Kier molecular flexibility index (Phi) is 4.04. The number of hydrogen-bond acceptors (Lipinski definition) is 2. The lowest BCUT2D eigenvalue weighted by molar-refractivity contribution is 0.305. The maximum atomic E-state index is 12.8. The minimum Gasteiger partial charge on any atom is -0.329 e. The van der Waals surface area contributed by atoms with Crippen molar-refractivity contribution >= 4 is 15.9 Å². The van der Waals surface area contributed by atoms with Gasteiger partial charge in [-0.2, -0.15) is 0 Å². The molecule has 0 saturated heterocycles. The van der Waals surface area contributed by atoms with E-state index in [-0.39, 0.29) is 11.9 Å². The van der Waals surface area contributed by atoms with E-state index in [0.717, 1.165) is 10.0 Å². The van der Waals surface area contributed by atoms with Gasteiger partial charge in [0.15, 0.2) is 0 Å². The molecule has 4 heteroatoms. The van der Waals surface area contributed by atoms with Gasteiger partial charge in [0, 0.05) is 17.1 Å². The number of benzene rings is 1. The lowest BCUT2D eigenvalue weighted by Gasteiger charge is -2.24. The molecule has 78 valence electrons. The molecule has 0 aliphatic carbocycles. The van der Waals surface area contributed by atoms with Crippen LogP contribution in [0, 0.1) is 5.82 Å². The van der Waals surface area contributed by atoms with Crippen LogP contribution in [0.2, 0.25) is 0 Å². The molecule has 1 rings (SSSR count). The van der Waals surface area contributed by atoms with Crippen LogP contribution in [-0.2, 0) is 0 Å². The summed E-state index contributed by atoms with van der Waals surface area (Å²) in [6, 6.07) is 4.79. The highest BCUT2D eigenvalue weighted by atomic mass is 79.9.